The van der Waals surface area contributed by atoms with Crippen LogP contribution in [0.1, 0.15) is 45.2 Å². The van der Waals surface area contributed by atoms with E-state index in [1.54, 1.807) is 17.3 Å². The van der Waals surface area contributed by atoms with Crippen molar-refractivity contribution < 1.29 is 9.90 Å². The van der Waals surface area contributed by atoms with Gasteiger partial charge in [0.15, 0.2) is 0 Å². The van der Waals surface area contributed by atoms with Crippen molar-refractivity contribution in [3.63, 3.8) is 0 Å². The van der Waals surface area contributed by atoms with Crippen LogP contribution in [0, 0.1) is 5.92 Å². The van der Waals surface area contributed by atoms with Gasteiger partial charge >= 0.3 is 6.03 Å². The minimum atomic E-state index is -0.804. The number of rotatable bonds is 11. The van der Waals surface area contributed by atoms with Crippen LogP contribution in [-0.2, 0) is 12.8 Å². The molecule has 170 valence electrons. The first kappa shape index (κ1) is 24.8. The number of aliphatic hydroxyl groups excluding tert-OH is 1. The molecule has 2 amide bonds. The van der Waals surface area contributed by atoms with Crippen LogP contribution in [0.25, 0.3) is 0 Å². The van der Waals surface area contributed by atoms with Gasteiger partial charge in [0.25, 0.3) is 0 Å². The van der Waals surface area contributed by atoms with Crippen LogP contribution in [-0.4, -0.2) is 51.8 Å². The predicted octanol–water partition coefficient (Wildman–Crippen LogP) is 3.39. The molecule has 4 N–H and O–H groups in total. The predicted molar refractivity (Wildman–Crippen MR) is 126 cm³/mol. The molecule has 2 rings (SSSR count). The number of benzene rings is 1. The Balaban J connectivity index is 2.01. The van der Waals surface area contributed by atoms with Gasteiger partial charge in [-0.3, -0.25) is 4.98 Å². The van der Waals surface area contributed by atoms with E-state index in [1.807, 2.05) is 56.3 Å². The van der Waals surface area contributed by atoms with Gasteiger partial charge in [-0.25, -0.2) is 4.79 Å². The summed E-state index contributed by atoms with van der Waals surface area (Å²) in [7, 11) is 0. The van der Waals surface area contributed by atoms with Crippen LogP contribution < -0.4 is 11.1 Å². The molecule has 0 fully saturated rings. The lowest BCUT2D eigenvalue weighted by Gasteiger charge is -2.33. The number of amides is 2. The number of urea groups is 1. The molecule has 0 aliphatic carbocycles. The molecule has 6 heteroatoms. The number of pyridine rings is 1. The fraction of sp³-hybridized carbons (Fsp3) is 0.520. The molecule has 2 aromatic rings. The molecule has 0 radical (unpaired) electrons. The second kappa shape index (κ2) is 11.8. The number of carbonyl (C=O) groups excluding carboxylic acids is 1. The number of aliphatic hydroxyl groups is 1. The highest BCUT2D eigenvalue weighted by molar-refractivity contribution is 5.75. The normalized spacial score (nSPS) is 13.6. The second-order valence-electron chi connectivity index (χ2n) is 9.40. The van der Waals surface area contributed by atoms with Crippen molar-refractivity contribution in [1.29, 1.82) is 0 Å². The number of nitrogens with two attached hydrogens (primary N) is 1. The molecule has 2 unspecified atom stereocenters. The Labute approximate surface area is 186 Å². The highest BCUT2D eigenvalue weighted by Crippen LogP contribution is 2.14. The zero-order valence-corrected chi connectivity index (χ0v) is 19.3. The molecular weight excluding hydrogens is 388 g/mol. The Kier molecular flexibility index (Phi) is 9.46. The van der Waals surface area contributed by atoms with Gasteiger partial charge in [-0.2, -0.15) is 0 Å². The monoisotopic (exact) mass is 426 g/mol. The van der Waals surface area contributed by atoms with Crippen molar-refractivity contribution in [3.8, 4) is 0 Å². The van der Waals surface area contributed by atoms with Gasteiger partial charge in [0.1, 0.15) is 0 Å². The van der Waals surface area contributed by atoms with Crippen molar-refractivity contribution >= 4 is 6.03 Å². The Morgan fingerprint density at radius 2 is 1.77 bits per heavy atom. The van der Waals surface area contributed by atoms with Gasteiger partial charge in [0, 0.05) is 37.1 Å². The third kappa shape index (κ3) is 9.07. The van der Waals surface area contributed by atoms with E-state index < -0.39 is 17.7 Å². The fourth-order valence-corrected chi connectivity index (χ4v) is 3.50. The molecular formula is C25H38N4O2. The molecule has 0 saturated heterocycles. The molecule has 1 aromatic heterocycles. The van der Waals surface area contributed by atoms with Crippen LogP contribution in [0.3, 0.4) is 0 Å². The van der Waals surface area contributed by atoms with E-state index in [4.69, 9.17) is 5.73 Å². The first-order chi connectivity index (χ1) is 14.7. The molecule has 31 heavy (non-hydrogen) atoms. The number of aromatic nitrogens is 1. The lowest BCUT2D eigenvalue weighted by molar-refractivity contribution is 0.0958. The maximum atomic E-state index is 13.1. The Morgan fingerprint density at radius 1 is 1.13 bits per heavy atom. The van der Waals surface area contributed by atoms with Crippen molar-refractivity contribution in [1.82, 2.24) is 15.2 Å². The summed E-state index contributed by atoms with van der Waals surface area (Å²) < 4.78 is 0. The van der Waals surface area contributed by atoms with Gasteiger partial charge in [-0.05, 0) is 62.3 Å². The third-order valence-electron chi connectivity index (χ3n) is 5.32. The first-order valence-electron chi connectivity index (χ1n) is 11.1. The van der Waals surface area contributed by atoms with Crippen molar-refractivity contribution in [2.75, 3.05) is 13.1 Å². The summed E-state index contributed by atoms with van der Waals surface area (Å²) in [5.41, 5.74) is 8.01. The standard InChI is InChI=1S/C25H38N4O2/c1-19(2)12-15-29(18-23(30)22(26)16-20-8-6-5-7-9-20)24(31)28-25(3,4)17-21-10-13-27-14-11-21/h5-11,13-14,19,22-23,30H,12,15-18,26H2,1-4H3,(H,28,31). The van der Waals surface area contributed by atoms with E-state index in [-0.39, 0.29) is 12.6 Å². The summed E-state index contributed by atoms with van der Waals surface area (Å²) in [6.07, 6.45) is 4.82. The van der Waals surface area contributed by atoms with E-state index >= 15 is 0 Å². The van der Waals surface area contributed by atoms with E-state index in [0.29, 0.717) is 25.3 Å². The van der Waals surface area contributed by atoms with Gasteiger partial charge in [-0.15, -0.1) is 0 Å². The lowest BCUT2D eigenvalue weighted by atomic mass is 9.95. The van der Waals surface area contributed by atoms with Crippen LogP contribution in [0.2, 0.25) is 0 Å². The van der Waals surface area contributed by atoms with E-state index in [1.165, 1.54) is 0 Å². The van der Waals surface area contributed by atoms with E-state index in [2.05, 4.69) is 24.1 Å². The molecule has 2 atom stereocenters. The summed E-state index contributed by atoms with van der Waals surface area (Å²) in [4.78, 5) is 18.9. The summed E-state index contributed by atoms with van der Waals surface area (Å²) in [6.45, 7) is 9.04. The Morgan fingerprint density at radius 3 is 2.39 bits per heavy atom. The quantitative estimate of drug-likeness (QED) is 0.514. The number of nitrogens with zero attached hydrogens (tertiary/aromatic N) is 2. The zero-order valence-electron chi connectivity index (χ0n) is 19.3. The smallest absolute Gasteiger partial charge is 0.317 e. The van der Waals surface area contributed by atoms with Crippen molar-refractivity contribution in [3.05, 3.63) is 66.0 Å². The Bertz CT molecular complexity index is 781. The molecule has 0 saturated carbocycles. The van der Waals surface area contributed by atoms with Crippen LogP contribution in [0.4, 0.5) is 4.79 Å². The van der Waals surface area contributed by atoms with Crippen LogP contribution in [0.15, 0.2) is 54.9 Å². The number of hydrogen-bond acceptors (Lipinski definition) is 4. The molecule has 1 heterocycles. The largest absolute Gasteiger partial charge is 0.390 e. The van der Waals surface area contributed by atoms with E-state index in [9.17, 15) is 9.90 Å². The average molecular weight is 427 g/mol. The highest BCUT2D eigenvalue weighted by Gasteiger charge is 2.27. The minimum Gasteiger partial charge on any atom is -0.390 e. The summed E-state index contributed by atoms with van der Waals surface area (Å²) >= 11 is 0. The van der Waals surface area contributed by atoms with Gasteiger partial charge in [0.2, 0.25) is 0 Å². The lowest BCUT2D eigenvalue weighted by Crippen LogP contribution is -2.54. The summed E-state index contributed by atoms with van der Waals surface area (Å²) in [5, 5.41) is 13.9. The highest BCUT2D eigenvalue weighted by atomic mass is 16.3. The zero-order chi connectivity index (χ0) is 22.9. The average Bonchev–Trinajstić information content (AvgIpc) is 2.71. The molecule has 6 nitrogen and oxygen atoms in total. The molecule has 0 spiro atoms. The number of nitrogens with one attached hydrogen (secondary N) is 1. The molecule has 0 bridgehead atoms. The van der Waals surface area contributed by atoms with Crippen LogP contribution >= 0.6 is 0 Å². The number of hydrogen-bond donors (Lipinski definition) is 3. The third-order valence-corrected chi connectivity index (χ3v) is 5.32. The summed E-state index contributed by atoms with van der Waals surface area (Å²) in [5.74, 6) is 0.454. The van der Waals surface area contributed by atoms with E-state index in [0.717, 1.165) is 17.5 Å². The first-order valence-corrected chi connectivity index (χ1v) is 11.1. The van der Waals surface area contributed by atoms with Gasteiger partial charge < -0.3 is 21.1 Å². The summed E-state index contributed by atoms with van der Waals surface area (Å²) in [6, 6.07) is 13.2. The van der Waals surface area contributed by atoms with Gasteiger partial charge in [-0.1, -0.05) is 44.2 Å². The second-order valence-corrected chi connectivity index (χ2v) is 9.40. The maximum Gasteiger partial charge on any atom is 0.317 e. The Hall–Kier alpha value is -2.44. The molecule has 0 aliphatic rings. The number of carbonyl (C=O) groups is 1. The fourth-order valence-electron chi connectivity index (χ4n) is 3.50. The maximum absolute atomic E-state index is 13.1. The van der Waals surface area contributed by atoms with Gasteiger partial charge in [0.05, 0.1) is 6.10 Å². The minimum absolute atomic E-state index is 0.175. The topological polar surface area (TPSA) is 91.5 Å². The van der Waals surface area contributed by atoms with Crippen molar-refractivity contribution in [2.24, 2.45) is 11.7 Å². The molecule has 0 aliphatic heterocycles. The SMILES string of the molecule is CC(C)CCN(CC(O)C(N)Cc1ccccc1)C(=O)NC(C)(C)Cc1ccncc1. The van der Waals surface area contributed by atoms with Crippen molar-refractivity contribution in [2.45, 2.75) is 64.6 Å². The molecule has 1 aromatic carbocycles. The van der Waals surface area contributed by atoms with Crippen LogP contribution in [0.5, 0.6) is 0 Å².